The molecule has 2 aliphatic rings. The fraction of sp³-hybridized carbons (Fsp3) is 0.178. The maximum Gasteiger partial charge on any atom is 0.148 e. The van der Waals surface area contributed by atoms with Crippen LogP contribution >= 0.6 is 11.3 Å². The second-order valence-electron chi connectivity index (χ2n) is 14.5. The van der Waals surface area contributed by atoms with Crippen molar-refractivity contribution in [2.24, 2.45) is 10.9 Å². The fourth-order valence-corrected chi connectivity index (χ4v) is 10.1. The quantitative estimate of drug-likeness (QED) is 0.149. The van der Waals surface area contributed by atoms with Crippen LogP contribution < -0.4 is 5.43 Å². The van der Waals surface area contributed by atoms with E-state index in [9.17, 15) is 0 Å². The molecule has 2 aromatic heterocycles. The Kier molecular flexibility index (Phi) is 6.11. The molecule has 2 atom stereocenters. The molecular formula is C45H37N3S. The first-order chi connectivity index (χ1) is 24.0. The number of hydrogen-bond donors (Lipinski definition) is 1. The summed E-state index contributed by atoms with van der Waals surface area (Å²) < 4.78 is 4.99. The number of para-hydroxylation sites is 1. The van der Waals surface area contributed by atoms with E-state index in [-0.39, 0.29) is 11.0 Å². The zero-order chi connectivity index (χ0) is 32.9. The van der Waals surface area contributed by atoms with Crippen molar-refractivity contribution in [1.82, 2.24) is 4.68 Å². The van der Waals surface area contributed by atoms with Gasteiger partial charge in [-0.3, -0.25) is 15.1 Å². The van der Waals surface area contributed by atoms with Gasteiger partial charge in [0.25, 0.3) is 0 Å². The minimum atomic E-state index is -0.332. The summed E-state index contributed by atoms with van der Waals surface area (Å²) in [6.07, 6.45) is 2.18. The average molecular weight is 652 g/mol. The first-order valence-corrected chi connectivity index (χ1v) is 18.3. The minimum Gasteiger partial charge on any atom is -0.277 e. The van der Waals surface area contributed by atoms with Gasteiger partial charge in [-0.2, -0.15) is 0 Å². The van der Waals surface area contributed by atoms with E-state index in [0.29, 0.717) is 5.92 Å². The highest BCUT2D eigenvalue weighted by molar-refractivity contribution is 7.26. The van der Waals surface area contributed by atoms with Crippen molar-refractivity contribution in [2.75, 3.05) is 5.43 Å². The van der Waals surface area contributed by atoms with Crippen LogP contribution in [0.1, 0.15) is 55.9 Å². The predicted octanol–water partition coefficient (Wildman–Crippen LogP) is 11.8. The van der Waals surface area contributed by atoms with Crippen LogP contribution in [0.2, 0.25) is 0 Å². The van der Waals surface area contributed by atoms with E-state index in [1.807, 2.05) is 11.3 Å². The fourth-order valence-electron chi connectivity index (χ4n) is 8.85. The molecule has 49 heavy (non-hydrogen) atoms. The number of fused-ring (bicyclic) bond motifs is 10. The Morgan fingerprint density at radius 2 is 1.41 bits per heavy atom. The summed E-state index contributed by atoms with van der Waals surface area (Å²) in [4.78, 5) is 5.87. The second kappa shape index (κ2) is 10.4. The lowest BCUT2D eigenvalue weighted by Crippen LogP contribution is -2.43. The van der Waals surface area contributed by atoms with Gasteiger partial charge in [0.15, 0.2) is 0 Å². The van der Waals surface area contributed by atoms with Gasteiger partial charge >= 0.3 is 0 Å². The number of nitrogens with zero attached hydrogens (tertiary/aromatic N) is 2. The highest BCUT2D eigenvalue weighted by Gasteiger charge is 2.47. The molecule has 0 saturated heterocycles. The molecule has 1 N–H and O–H groups in total. The summed E-state index contributed by atoms with van der Waals surface area (Å²) in [5.74, 6) is 1.30. The number of amidine groups is 1. The SMILES string of the molecule is CC1CCC1(N=C(Nn1c2ccccc2c2c3c(ccc21)C(C)(C)c1ccccc1-3)c1ccccc1)c1cccc2c1sc1ccccc12. The minimum absolute atomic E-state index is 0.0617. The molecule has 0 spiro atoms. The van der Waals surface area contributed by atoms with E-state index < -0.39 is 0 Å². The Labute approximate surface area is 290 Å². The molecule has 238 valence electrons. The summed E-state index contributed by atoms with van der Waals surface area (Å²) in [5, 5.41) is 5.22. The number of rotatable bonds is 4. The first kappa shape index (κ1) is 28.8. The highest BCUT2D eigenvalue weighted by Crippen LogP contribution is 2.55. The molecule has 0 radical (unpaired) electrons. The third kappa shape index (κ3) is 3.98. The Hall–Kier alpha value is -5.19. The monoisotopic (exact) mass is 651 g/mol. The Balaban J connectivity index is 1.22. The topological polar surface area (TPSA) is 29.3 Å². The molecule has 2 heterocycles. The third-order valence-corrected chi connectivity index (χ3v) is 12.8. The summed E-state index contributed by atoms with van der Waals surface area (Å²) in [5.41, 5.74) is 13.8. The molecule has 6 aromatic carbocycles. The van der Waals surface area contributed by atoms with Gasteiger partial charge in [0, 0.05) is 41.9 Å². The second-order valence-corrected chi connectivity index (χ2v) is 15.5. The molecule has 1 fully saturated rings. The van der Waals surface area contributed by atoms with Crippen molar-refractivity contribution in [3.63, 3.8) is 0 Å². The number of nitrogens with one attached hydrogen (secondary N) is 1. The molecule has 0 bridgehead atoms. The number of aromatic nitrogens is 1. The summed E-state index contributed by atoms with van der Waals surface area (Å²) in [6, 6.07) is 48.8. The maximum atomic E-state index is 5.87. The van der Waals surface area contributed by atoms with E-state index in [0.717, 1.165) is 29.8 Å². The molecule has 10 rings (SSSR count). The third-order valence-electron chi connectivity index (χ3n) is 11.6. The van der Waals surface area contributed by atoms with Crippen LogP contribution in [0.15, 0.2) is 138 Å². The van der Waals surface area contributed by atoms with Crippen LogP contribution in [0.25, 0.3) is 53.1 Å². The van der Waals surface area contributed by atoms with Gasteiger partial charge in [0.05, 0.1) is 16.6 Å². The van der Waals surface area contributed by atoms with Crippen LogP contribution in [0, 0.1) is 5.92 Å². The van der Waals surface area contributed by atoms with Gasteiger partial charge < -0.3 is 0 Å². The molecule has 8 aromatic rings. The lowest BCUT2D eigenvalue weighted by Gasteiger charge is -2.46. The smallest absolute Gasteiger partial charge is 0.148 e. The maximum absolute atomic E-state index is 5.87. The number of aliphatic imine (C=N–C) groups is 1. The molecular weight excluding hydrogens is 615 g/mol. The zero-order valence-electron chi connectivity index (χ0n) is 28.0. The zero-order valence-corrected chi connectivity index (χ0v) is 28.8. The van der Waals surface area contributed by atoms with Crippen molar-refractivity contribution in [3.8, 4) is 11.1 Å². The lowest BCUT2D eigenvalue weighted by atomic mass is 9.64. The van der Waals surface area contributed by atoms with E-state index in [1.54, 1.807) is 0 Å². The van der Waals surface area contributed by atoms with Crippen molar-refractivity contribution in [3.05, 3.63) is 156 Å². The summed E-state index contributed by atoms with van der Waals surface area (Å²) >= 11 is 1.91. The van der Waals surface area contributed by atoms with Crippen molar-refractivity contribution >= 4 is 59.2 Å². The largest absolute Gasteiger partial charge is 0.277 e. The van der Waals surface area contributed by atoms with Crippen molar-refractivity contribution in [1.29, 1.82) is 0 Å². The van der Waals surface area contributed by atoms with Crippen LogP contribution in [0.3, 0.4) is 0 Å². The van der Waals surface area contributed by atoms with Crippen LogP contribution in [0.4, 0.5) is 0 Å². The van der Waals surface area contributed by atoms with Gasteiger partial charge in [0.1, 0.15) is 5.84 Å². The first-order valence-electron chi connectivity index (χ1n) is 17.5. The van der Waals surface area contributed by atoms with Crippen LogP contribution in [-0.2, 0) is 11.0 Å². The Morgan fingerprint density at radius 3 is 2.22 bits per heavy atom. The summed E-state index contributed by atoms with van der Waals surface area (Å²) in [7, 11) is 0. The van der Waals surface area contributed by atoms with Crippen LogP contribution in [-0.4, -0.2) is 10.5 Å². The normalized spacial score (nSPS) is 19.7. The molecule has 2 unspecified atom stereocenters. The predicted molar refractivity (Wildman–Crippen MR) is 209 cm³/mol. The van der Waals surface area contributed by atoms with Gasteiger partial charge in [-0.15, -0.1) is 11.3 Å². The van der Waals surface area contributed by atoms with E-state index in [1.165, 1.54) is 64.3 Å². The van der Waals surface area contributed by atoms with E-state index in [4.69, 9.17) is 4.99 Å². The van der Waals surface area contributed by atoms with Gasteiger partial charge in [0.2, 0.25) is 0 Å². The van der Waals surface area contributed by atoms with Gasteiger partial charge in [-0.05, 0) is 64.8 Å². The molecule has 4 heteroatoms. The van der Waals surface area contributed by atoms with E-state index >= 15 is 0 Å². The molecule has 0 aliphatic heterocycles. The number of benzene rings is 6. The van der Waals surface area contributed by atoms with E-state index in [2.05, 4.69) is 164 Å². The number of thiophene rings is 1. The molecule has 1 saturated carbocycles. The standard InChI is InChI=1S/C45H37N3S/c1-28-26-27-45(28,36-21-13-19-31-30-16-9-12-23-39(30)49-42(31)36)46-43(29-14-5-4-6-15-29)47-48-37-22-11-8-18-33(37)41-38(48)25-24-35-40(41)32-17-7-10-20-34(32)44(35,2)3/h4-25,28H,26-27H2,1-3H3,(H,46,47). The highest BCUT2D eigenvalue weighted by atomic mass is 32.1. The number of hydrogen-bond acceptors (Lipinski definition) is 2. The molecule has 0 amide bonds. The van der Waals surface area contributed by atoms with Crippen molar-refractivity contribution in [2.45, 2.75) is 44.6 Å². The van der Waals surface area contributed by atoms with Crippen LogP contribution in [0.5, 0.6) is 0 Å². The van der Waals surface area contributed by atoms with Gasteiger partial charge in [-0.1, -0.05) is 136 Å². The Morgan fingerprint density at radius 1 is 0.694 bits per heavy atom. The molecule has 3 nitrogen and oxygen atoms in total. The average Bonchev–Trinajstić information content (AvgIpc) is 3.75. The Bertz CT molecular complexity index is 2640. The molecule has 2 aliphatic carbocycles. The summed E-state index contributed by atoms with van der Waals surface area (Å²) in [6.45, 7) is 7.10. The lowest BCUT2D eigenvalue weighted by molar-refractivity contribution is 0.150. The van der Waals surface area contributed by atoms with Gasteiger partial charge in [-0.25, -0.2) is 0 Å². The van der Waals surface area contributed by atoms with Crippen molar-refractivity contribution < 1.29 is 0 Å².